The van der Waals surface area contributed by atoms with Crippen LogP contribution in [0, 0.1) is 0 Å². The topological polar surface area (TPSA) is 75.5 Å². The molecule has 0 N–H and O–H groups in total. The summed E-state index contributed by atoms with van der Waals surface area (Å²) in [5.41, 5.74) is 2.35. The van der Waals surface area contributed by atoms with Gasteiger partial charge in [-0.3, -0.25) is 4.79 Å². The Kier molecular flexibility index (Phi) is 7.35. The number of para-hydroxylation sites is 2. The lowest BCUT2D eigenvalue weighted by atomic mass is 10.2. The quantitative estimate of drug-likeness (QED) is 0.488. The fourth-order valence-corrected chi connectivity index (χ4v) is 4.25. The summed E-state index contributed by atoms with van der Waals surface area (Å²) in [7, 11) is 0.600. The maximum absolute atomic E-state index is 13.4. The molecule has 0 fully saturated rings. The fraction of sp³-hybridized carbons (Fsp3) is 0.364. The minimum Gasteiger partial charge on any atom is -0.336 e. The molecule has 7 nitrogen and oxygen atoms in total. The average molecular weight is 463 g/mol. The molecule has 0 atom stereocenters. The third-order valence-electron chi connectivity index (χ3n) is 4.85. The Morgan fingerprint density at radius 1 is 1.10 bits per heavy atom. The van der Waals surface area contributed by atoms with Gasteiger partial charge in [0.25, 0.3) is 0 Å². The zero-order valence-electron chi connectivity index (χ0n) is 18.0. The standard InChI is InChI=1S/C22H27ClN4O3S/c1-25(2)11-12-26(14-17-7-6-8-18(23)13-17)22(28)15-27-20-10-5-4-9-19(20)24-21(27)16-31(3,29)30/h4-10,13H,11-12,14-16H2,1-3H3. The van der Waals surface area contributed by atoms with Gasteiger partial charge in [-0.05, 0) is 43.9 Å². The van der Waals surface area contributed by atoms with E-state index in [4.69, 9.17) is 11.6 Å². The van der Waals surface area contributed by atoms with Crippen molar-refractivity contribution in [3.8, 4) is 0 Å². The number of rotatable bonds is 9. The van der Waals surface area contributed by atoms with Crippen molar-refractivity contribution in [3.05, 3.63) is 64.9 Å². The highest BCUT2D eigenvalue weighted by molar-refractivity contribution is 7.89. The smallest absolute Gasteiger partial charge is 0.242 e. The molecular weight excluding hydrogens is 436 g/mol. The molecule has 166 valence electrons. The Morgan fingerprint density at radius 2 is 1.84 bits per heavy atom. The molecule has 0 bridgehead atoms. The van der Waals surface area contributed by atoms with Gasteiger partial charge in [0.1, 0.15) is 18.1 Å². The summed E-state index contributed by atoms with van der Waals surface area (Å²) in [6.07, 6.45) is 1.17. The number of amides is 1. The Morgan fingerprint density at radius 3 is 2.52 bits per heavy atom. The Balaban J connectivity index is 1.91. The number of aromatic nitrogens is 2. The molecule has 1 amide bonds. The van der Waals surface area contributed by atoms with Crippen molar-refractivity contribution in [1.82, 2.24) is 19.4 Å². The minimum atomic E-state index is -3.31. The first kappa shape index (κ1) is 23.2. The number of hydrogen-bond acceptors (Lipinski definition) is 5. The van der Waals surface area contributed by atoms with Crippen molar-refractivity contribution in [2.75, 3.05) is 33.4 Å². The molecule has 0 aliphatic rings. The molecule has 0 saturated heterocycles. The summed E-state index contributed by atoms with van der Waals surface area (Å²) < 4.78 is 25.6. The Hall–Kier alpha value is -2.42. The molecule has 3 aromatic rings. The summed E-state index contributed by atoms with van der Waals surface area (Å²) in [5, 5.41) is 0.619. The number of carbonyl (C=O) groups excluding carboxylic acids is 1. The van der Waals surface area contributed by atoms with Crippen molar-refractivity contribution in [3.63, 3.8) is 0 Å². The van der Waals surface area contributed by atoms with E-state index in [2.05, 4.69) is 4.98 Å². The molecule has 1 aromatic heterocycles. The molecular formula is C22H27ClN4O3S. The highest BCUT2D eigenvalue weighted by atomic mass is 35.5. The number of imidazole rings is 1. The zero-order chi connectivity index (χ0) is 22.6. The van der Waals surface area contributed by atoms with E-state index in [0.717, 1.165) is 11.1 Å². The summed E-state index contributed by atoms with van der Waals surface area (Å²) in [4.78, 5) is 21.6. The average Bonchev–Trinajstić information content (AvgIpc) is 3.00. The number of carbonyl (C=O) groups is 1. The van der Waals surface area contributed by atoms with Crippen LogP contribution in [-0.4, -0.2) is 67.1 Å². The van der Waals surface area contributed by atoms with Gasteiger partial charge in [-0.2, -0.15) is 0 Å². The van der Waals surface area contributed by atoms with Crippen molar-refractivity contribution in [2.24, 2.45) is 0 Å². The molecule has 9 heteroatoms. The maximum Gasteiger partial charge on any atom is 0.242 e. The second-order valence-electron chi connectivity index (χ2n) is 7.92. The lowest BCUT2D eigenvalue weighted by molar-refractivity contribution is -0.132. The van der Waals surface area contributed by atoms with Crippen molar-refractivity contribution in [2.45, 2.75) is 18.8 Å². The van der Waals surface area contributed by atoms with Crippen LogP contribution in [0.2, 0.25) is 5.02 Å². The van der Waals surface area contributed by atoms with Gasteiger partial charge in [0.15, 0.2) is 9.84 Å². The molecule has 31 heavy (non-hydrogen) atoms. The third-order valence-corrected chi connectivity index (χ3v) is 5.87. The molecule has 0 spiro atoms. The first-order valence-electron chi connectivity index (χ1n) is 9.91. The monoisotopic (exact) mass is 462 g/mol. The van der Waals surface area contributed by atoms with Gasteiger partial charge in [-0.1, -0.05) is 35.9 Å². The predicted octanol–water partition coefficient (Wildman–Crippen LogP) is 2.82. The number of likely N-dealkylation sites (N-methyl/N-ethyl adjacent to an activating group) is 1. The van der Waals surface area contributed by atoms with Crippen molar-refractivity contribution < 1.29 is 13.2 Å². The number of sulfone groups is 1. The van der Waals surface area contributed by atoms with Crippen molar-refractivity contribution >= 4 is 38.4 Å². The van der Waals surface area contributed by atoms with E-state index in [-0.39, 0.29) is 18.2 Å². The van der Waals surface area contributed by atoms with E-state index in [1.807, 2.05) is 61.5 Å². The van der Waals surface area contributed by atoms with Crippen molar-refractivity contribution in [1.29, 1.82) is 0 Å². The van der Waals surface area contributed by atoms with Crippen LogP contribution in [0.15, 0.2) is 48.5 Å². The summed E-state index contributed by atoms with van der Waals surface area (Å²) in [6, 6.07) is 14.8. The number of hydrogen-bond donors (Lipinski definition) is 0. The van der Waals surface area contributed by atoms with Crippen LogP contribution in [0.3, 0.4) is 0 Å². The van der Waals surface area contributed by atoms with Gasteiger partial charge in [0.05, 0.1) is 11.0 Å². The molecule has 2 aromatic carbocycles. The second kappa shape index (κ2) is 9.80. The van der Waals surface area contributed by atoms with Crippen LogP contribution in [0.4, 0.5) is 0 Å². The zero-order valence-corrected chi connectivity index (χ0v) is 19.5. The van der Waals surface area contributed by atoms with Gasteiger partial charge in [0.2, 0.25) is 5.91 Å². The molecule has 0 unspecified atom stereocenters. The molecule has 0 aliphatic carbocycles. The van der Waals surface area contributed by atoms with Crippen LogP contribution in [-0.2, 0) is 33.5 Å². The van der Waals surface area contributed by atoms with E-state index in [1.54, 1.807) is 15.5 Å². The summed E-state index contributed by atoms with van der Waals surface area (Å²) in [6.45, 7) is 1.67. The summed E-state index contributed by atoms with van der Waals surface area (Å²) in [5.74, 6) is 0.0353. The number of fused-ring (bicyclic) bond motifs is 1. The van der Waals surface area contributed by atoms with Crippen LogP contribution in [0.25, 0.3) is 11.0 Å². The number of benzene rings is 2. The first-order valence-corrected chi connectivity index (χ1v) is 12.3. The highest BCUT2D eigenvalue weighted by Crippen LogP contribution is 2.19. The predicted molar refractivity (Wildman–Crippen MR) is 124 cm³/mol. The van der Waals surface area contributed by atoms with Crippen LogP contribution < -0.4 is 0 Å². The van der Waals surface area contributed by atoms with E-state index >= 15 is 0 Å². The number of halogens is 1. The Labute approximate surface area is 188 Å². The molecule has 0 saturated carbocycles. The number of nitrogens with zero attached hydrogens (tertiary/aromatic N) is 4. The second-order valence-corrected chi connectivity index (χ2v) is 10.5. The Bertz CT molecular complexity index is 1170. The molecule has 0 radical (unpaired) electrons. The summed E-state index contributed by atoms with van der Waals surface area (Å²) >= 11 is 6.12. The lowest BCUT2D eigenvalue weighted by Gasteiger charge is -2.25. The maximum atomic E-state index is 13.4. The van der Waals surface area contributed by atoms with Crippen LogP contribution in [0.1, 0.15) is 11.4 Å². The van der Waals surface area contributed by atoms with E-state index < -0.39 is 9.84 Å². The van der Waals surface area contributed by atoms with E-state index in [9.17, 15) is 13.2 Å². The van der Waals surface area contributed by atoms with E-state index in [1.165, 1.54) is 6.26 Å². The van der Waals surface area contributed by atoms with Crippen LogP contribution >= 0.6 is 11.6 Å². The third kappa shape index (κ3) is 6.53. The highest BCUT2D eigenvalue weighted by Gasteiger charge is 2.21. The van der Waals surface area contributed by atoms with Gasteiger partial charge < -0.3 is 14.4 Å². The van der Waals surface area contributed by atoms with Gasteiger partial charge in [0, 0.05) is 30.9 Å². The van der Waals surface area contributed by atoms with Gasteiger partial charge in [-0.25, -0.2) is 13.4 Å². The largest absolute Gasteiger partial charge is 0.336 e. The SMILES string of the molecule is CN(C)CCN(Cc1cccc(Cl)c1)C(=O)Cn1c(CS(C)(=O)=O)nc2ccccc21. The van der Waals surface area contributed by atoms with Crippen LogP contribution in [0.5, 0.6) is 0 Å². The van der Waals surface area contributed by atoms with Gasteiger partial charge >= 0.3 is 0 Å². The lowest BCUT2D eigenvalue weighted by Crippen LogP contribution is -2.38. The molecule has 1 heterocycles. The minimum absolute atomic E-state index is 0.0133. The van der Waals surface area contributed by atoms with E-state index in [0.29, 0.717) is 36.0 Å². The van der Waals surface area contributed by atoms with Gasteiger partial charge in [-0.15, -0.1) is 0 Å². The first-order chi connectivity index (χ1) is 14.6. The molecule has 3 rings (SSSR count). The molecule has 0 aliphatic heterocycles. The normalized spacial score (nSPS) is 11.9. The fourth-order valence-electron chi connectivity index (χ4n) is 3.35.